The molecule has 2 N–H and O–H groups in total. The molecule has 38 heavy (non-hydrogen) atoms. The van der Waals surface area contributed by atoms with Gasteiger partial charge in [0.25, 0.3) is 5.91 Å². The van der Waals surface area contributed by atoms with Crippen molar-refractivity contribution in [2.75, 3.05) is 11.9 Å². The van der Waals surface area contributed by atoms with Gasteiger partial charge in [-0.1, -0.05) is 48.5 Å². The molecule has 4 rings (SSSR count). The summed E-state index contributed by atoms with van der Waals surface area (Å²) in [5.74, 6) is -1.47. The molecule has 0 saturated heterocycles. The fourth-order valence-electron chi connectivity index (χ4n) is 3.39. The zero-order valence-corrected chi connectivity index (χ0v) is 20.6. The van der Waals surface area contributed by atoms with Crippen LogP contribution in [-0.2, 0) is 4.79 Å². The summed E-state index contributed by atoms with van der Waals surface area (Å²) in [7, 11) is 0. The summed E-state index contributed by atoms with van der Waals surface area (Å²) >= 11 is 0. The van der Waals surface area contributed by atoms with Crippen LogP contribution >= 0.6 is 0 Å². The predicted octanol–water partition coefficient (Wildman–Crippen LogP) is 5.00. The summed E-state index contributed by atoms with van der Waals surface area (Å²) in [6.45, 7) is 2.00. The van der Waals surface area contributed by atoms with E-state index in [0.717, 1.165) is 11.3 Å². The van der Waals surface area contributed by atoms with Gasteiger partial charge >= 0.3 is 11.9 Å². The van der Waals surface area contributed by atoms with E-state index in [1.54, 1.807) is 66.7 Å². The zero-order chi connectivity index (χ0) is 26.7. The molecule has 0 aliphatic rings. The Labute approximate surface area is 219 Å². The highest BCUT2D eigenvalue weighted by Gasteiger charge is 2.17. The molecule has 0 bridgehead atoms. The molecule has 8 heteroatoms. The lowest BCUT2D eigenvalue weighted by atomic mass is 10.2. The molecule has 0 aromatic heterocycles. The summed E-state index contributed by atoms with van der Waals surface area (Å²) in [4.78, 5) is 37.4. The van der Waals surface area contributed by atoms with E-state index in [1.807, 2.05) is 31.2 Å². The number of hydrogen-bond donors (Lipinski definition) is 2. The first kappa shape index (κ1) is 25.8. The lowest BCUT2D eigenvalue weighted by Crippen LogP contribution is -2.25. The smallest absolute Gasteiger partial charge is 0.343 e. The van der Waals surface area contributed by atoms with Gasteiger partial charge in [0.15, 0.2) is 11.5 Å². The van der Waals surface area contributed by atoms with E-state index in [9.17, 15) is 14.4 Å². The number of esters is 2. The zero-order valence-electron chi connectivity index (χ0n) is 20.6. The second kappa shape index (κ2) is 12.6. The van der Waals surface area contributed by atoms with Crippen LogP contribution in [0.4, 0.5) is 5.69 Å². The predicted molar refractivity (Wildman–Crippen MR) is 145 cm³/mol. The molecule has 0 aliphatic carbocycles. The van der Waals surface area contributed by atoms with Gasteiger partial charge in [-0.3, -0.25) is 4.79 Å². The van der Waals surface area contributed by atoms with Crippen LogP contribution in [0, 0.1) is 6.92 Å². The van der Waals surface area contributed by atoms with Crippen LogP contribution in [0.25, 0.3) is 0 Å². The Morgan fingerprint density at radius 2 is 1.37 bits per heavy atom. The first-order chi connectivity index (χ1) is 18.5. The maximum atomic E-state index is 12.7. The van der Waals surface area contributed by atoms with Crippen LogP contribution in [0.5, 0.6) is 11.5 Å². The monoisotopic (exact) mass is 507 g/mol. The molecule has 4 aromatic rings. The molecule has 0 saturated carbocycles. The molecule has 0 fully saturated rings. The van der Waals surface area contributed by atoms with Gasteiger partial charge in [-0.25, -0.2) is 15.0 Å². The van der Waals surface area contributed by atoms with Gasteiger partial charge in [0.2, 0.25) is 0 Å². The van der Waals surface area contributed by atoms with Crippen molar-refractivity contribution in [1.29, 1.82) is 0 Å². The molecule has 190 valence electrons. The van der Waals surface area contributed by atoms with Crippen molar-refractivity contribution in [3.63, 3.8) is 0 Å². The third-order valence-electron chi connectivity index (χ3n) is 5.27. The number of nitrogens with zero attached hydrogens (tertiary/aromatic N) is 1. The topological polar surface area (TPSA) is 106 Å². The SMILES string of the molecule is Cc1cccc(NCC(=O)N/N=C\c2ccc(OC(=O)c3ccccc3)c(OC(=O)c3ccccc3)c2)c1. The average molecular weight is 508 g/mol. The molecule has 1 amide bonds. The Hall–Kier alpha value is -5.24. The van der Waals surface area contributed by atoms with E-state index in [0.29, 0.717) is 16.7 Å². The number of carbonyl (C=O) groups excluding carboxylic acids is 3. The van der Waals surface area contributed by atoms with E-state index >= 15 is 0 Å². The summed E-state index contributed by atoms with van der Waals surface area (Å²) < 4.78 is 11.1. The number of aryl methyl sites for hydroxylation is 1. The largest absolute Gasteiger partial charge is 0.419 e. The van der Waals surface area contributed by atoms with Gasteiger partial charge in [0.1, 0.15) is 0 Å². The van der Waals surface area contributed by atoms with Crippen molar-refractivity contribution >= 4 is 29.7 Å². The third kappa shape index (κ3) is 7.38. The standard InChI is InChI=1S/C30H25N3O5/c1-21-9-8-14-25(17-21)31-20-28(34)33-32-19-22-15-16-26(37-29(35)23-10-4-2-5-11-23)27(18-22)38-30(36)24-12-6-3-7-13-24/h2-19,31H,20H2,1H3,(H,33,34)/b32-19-. The Kier molecular flexibility index (Phi) is 8.60. The van der Waals surface area contributed by atoms with E-state index in [1.165, 1.54) is 18.3 Å². The number of amides is 1. The number of hydrazone groups is 1. The Morgan fingerprint density at radius 3 is 2.00 bits per heavy atom. The quantitative estimate of drug-likeness (QED) is 0.143. The fraction of sp³-hybridized carbons (Fsp3) is 0.0667. The highest BCUT2D eigenvalue weighted by atomic mass is 16.6. The molecule has 4 aromatic carbocycles. The number of anilines is 1. The number of carbonyl (C=O) groups is 3. The summed E-state index contributed by atoms with van der Waals surface area (Å²) in [6.07, 6.45) is 1.40. The third-order valence-corrected chi connectivity index (χ3v) is 5.27. The minimum absolute atomic E-state index is 0.0273. The van der Waals surface area contributed by atoms with Gasteiger partial charge in [0, 0.05) is 5.69 Å². The summed E-state index contributed by atoms with van der Waals surface area (Å²) in [5, 5.41) is 7.00. The summed E-state index contributed by atoms with van der Waals surface area (Å²) in [6, 6.07) is 29.2. The van der Waals surface area contributed by atoms with Crippen LogP contribution < -0.4 is 20.2 Å². The molecular formula is C30H25N3O5. The van der Waals surface area contributed by atoms with Crippen LogP contribution in [-0.4, -0.2) is 30.6 Å². The van der Waals surface area contributed by atoms with Crippen molar-refractivity contribution < 1.29 is 23.9 Å². The van der Waals surface area contributed by atoms with Crippen LogP contribution in [0.15, 0.2) is 108 Å². The van der Waals surface area contributed by atoms with E-state index < -0.39 is 11.9 Å². The average Bonchev–Trinajstić information content (AvgIpc) is 2.94. The Balaban J connectivity index is 1.46. The number of hydrogen-bond acceptors (Lipinski definition) is 7. The Morgan fingerprint density at radius 1 is 0.737 bits per heavy atom. The van der Waals surface area contributed by atoms with E-state index in [-0.39, 0.29) is 24.0 Å². The molecule has 0 aliphatic heterocycles. The van der Waals surface area contributed by atoms with Crippen molar-refractivity contribution in [2.45, 2.75) is 6.92 Å². The first-order valence-electron chi connectivity index (χ1n) is 11.8. The lowest BCUT2D eigenvalue weighted by Gasteiger charge is -2.11. The minimum atomic E-state index is -0.618. The van der Waals surface area contributed by atoms with Crippen molar-refractivity contribution in [1.82, 2.24) is 5.43 Å². The minimum Gasteiger partial charge on any atom is -0.419 e. The second-order valence-electron chi connectivity index (χ2n) is 8.23. The van der Waals surface area contributed by atoms with Crippen LogP contribution in [0.2, 0.25) is 0 Å². The van der Waals surface area contributed by atoms with Crippen molar-refractivity contribution in [2.24, 2.45) is 5.10 Å². The number of benzene rings is 4. The molecular weight excluding hydrogens is 482 g/mol. The van der Waals surface area contributed by atoms with Gasteiger partial charge in [-0.2, -0.15) is 5.10 Å². The van der Waals surface area contributed by atoms with E-state index in [2.05, 4.69) is 15.8 Å². The van der Waals surface area contributed by atoms with Gasteiger partial charge in [-0.15, -0.1) is 0 Å². The Bertz CT molecular complexity index is 1450. The fourth-order valence-corrected chi connectivity index (χ4v) is 3.39. The highest BCUT2D eigenvalue weighted by molar-refractivity contribution is 5.94. The number of rotatable bonds is 9. The number of ether oxygens (including phenoxy) is 2. The summed E-state index contributed by atoms with van der Waals surface area (Å²) in [5.41, 5.74) is 5.54. The molecule has 0 heterocycles. The normalized spacial score (nSPS) is 10.6. The van der Waals surface area contributed by atoms with Crippen molar-refractivity contribution in [3.8, 4) is 11.5 Å². The first-order valence-corrected chi connectivity index (χ1v) is 11.8. The molecule has 8 nitrogen and oxygen atoms in total. The van der Waals surface area contributed by atoms with Crippen molar-refractivity contribution in [3.05, 3.63) is 125 Å². The second-order valence-corrected chi connectivity index (χ2v) is 8.23. The van der Waals surface area contributed by atoms with Gasteiger partial charge < -0.3 is 14.8 Å². The maximum absolute atomic E-state index is 12.7. The molecule has 0 radical (unpaired) electrons. The number of nitrogens with one attached hydrogen (secondary N) is 2. The maximum Gasteiger partial charge on any atom is 0.343 e. The molecule has 0 atom stereocenters. The van der Waals surface area contributed by atoms with Crippen LogP contribution in [0.1, 0.15) is 31.8 Å². The van der Waals surface area contributed by atoms with Gasteiger partial charge in [0.05, 0.1) is 23.9 Å². The molecule has 0 spiro atoms. The van der Waals surface area contributed by atoms with Crippen LogP contribution in [0.3, 0.4) is 0 Å². The van der Waals surface area contributed by atoms with E-state index in [4.69, 9.17) is 9.47 Å². The highest BCUT2D eigenvalue weighted by Crippen LogP contribution is 2.30. The lowest BCUT2D eigenvalue weighted by molar-refractivity contribution is -0.119. The molecule has 0 unspecified atom stereocenters. The van der Waals surface area contributed by atoms with Gasteiger partial charge in [-0.05, 0) is 72.6 Å².